The first-order chi connectivity index (χ1) is 15.7. The third-order valence-electron chi connectivity index (χ3n) is 5.50. The smallest absolute Gasteiger partial charge is 0.219 e. The highest BCUT2D eigenvalue weighted by Crippen LogP contribution is 2.36. The summed E-state index contributed by atoms with van der Waals surface area (Å²) in [5, 5.41) is 5.26. The number of rotatable bonds is 3. The summed E-state index contributed by atoms with van der Waals surface area (Å²) in [5.41, 5.74) is 11.9. The average molecular weight is 458 g/mol. The fourth-order valence-corrected chi connectivity index (χ4v) is 4.22. The molecule has 8 heteroatoms. The van der Waals surface area contributed by atoms with Crippen LogP contribution in [0.5, 0.6) is 0 Å². The second kappa shape index (κ2) is 7.71. The molecule has 7 nitrogen and oxygen atoms in total. The van der Waals surface area contributed by atoms with Crippen LogP contribution in [0.1, 0.15) is 26.5 Å². The molecule has 2 aromatic carbocycles. The van der Waals surface area contributed by atoms with Crippen LogP contribution in [0, 0.1) is 6.92 Å². The second-order valence-electron chi connectivity index (χ2n) is 9.04. The fraction of sp³-hybridized carbons (Fsp3) is 0.200. The van der Waals surface area contributed by atoms with Crippen LogP contribution in [0.2, 0.25) is 5.02 Å². The number of nitrogens with zero attached hydrogens (tertiary/aromatic N) is 6. The Hall–Kier alpha value is -3.71. The topological polar surface area (TPSA) is 87.4 Å². The van der Waals surface area contributed by atoms with Gasteiger partial charge >= 0.3 is 0 Å². The summed E-state index contributed by atoms with van der Waals surface area (Å²) in [7, 11) is 0. The number of nitrogen functional groups attached to an aromatic ring is 1. The first-order valence-electron chi connectivity index (χ1n) is 10.6. The average Bonchev–Trinajstić information content (AvgIpc) is 3.37. The SMILES string of the molecule is Cc1ccn(-c2ccc(Cl)cc2-c2nc3cc(-c4cnc(N)nc4)ccc3n2C(C)(C)C)n1. The molecule has 0 radical (unpaired) electrons. The van der Waals surface area contributed by atoms with Gasteiger partial charge in [-0.2, -0.15) is 5.10 Å². The Kier molecular flexibility index (Phi) is 4.94. The molecule has 5 aromatic rings. The van der Waals surface area contributed by atoms with Crippen LogP contribution < -0.4 is 5.73 Å². The molecular formula is C25H24ClN7. The van der Waals surface area contributed by atoms with Crippen LogP contribution in [0.15, 0.2) is 61.1 Å². The molecule has 0 fully saturated rings. The van der Waals surface area contributed by atoms with Crippen LogP contribution in [0.3, 0.4) is 0 Å². The minimum atomic E-state index is -0.227. The highest BCUT2D eigenvalue weighted by molar-refractivity contribution is 6.31. The van der Waals surface area contributed by atoms with E-state index in [1.54, 1.807) is 12.4 Å². The van der Waals surface area contributed by atoms with Gasteiger partial charge in [0, 0.05) is 40.3 Å². The lowest BCUT2D eigenvalue weighted by molar-refractivity contribution is 0.413. The maximum Gasteiger partial charge on any atom is 0.219 e. The zero-order chi connectivity index (χ0) is 23.3. The van der Waals surface area contributed by atoms with Gasteiger partial charge in [-0.05, 0) is 69.7 Å². The molecule has 0 amide bonds. The van der Waals surface area contributed by atoms with Crippen LogP contribution in [-0.4, -0.2) is 29.3 Å². The van der Waals surface area contributed by atoms with Gasteiger partial charge in [0.1, 0.15) is 5.82 Å². The number of anilines is 1. The third kappa shape index (κ3) is 3.85. The largest absolute Gasteiger partial charge is 0.368 e. The first-order valence-corrected chi connectivity index (χ1v) is 11.0. The van der Waals surface area contributed by atoms with Crippen molar-refractivity contribution in [1.82, 2.24) is 29.3 Å². The second-order valence-corrected chi connectivity index (χ2v) is 9.47. The first kappa shape index (κ1) is 21.2. The summed E-state index contributed by atoms with van der Waals surface area (Å²) in [6, 6.07) is 14.0. The number of hydrogen-bond acceptors (Lipinski definition) is 5. The van der Waals surface area contributed by atoms with Gasteiger partial charge in [0.25, 0.3) is 0 Å². The molecule has 0 spiro atoms. The molecule has 0 saturated heterocycles. The Balaban J connectivity index is 1.76. The number of nitrogens with two attached hydrogens (primary N) is 1. The van der Waals surface area contributed by atoms with Gasteiger partial charge in [-0.15, -0.1) is 0 Å². The Labute approximate surface area is 196 Å². The van der Waals surface area contributed by atoms with E-state index in [-0.39, 0.29) is 11.5 Å². The Morgan fingerprint density at radius 1 is 0.939 bits per heavy atom. The number of fused-ring (bicyclic) bond motifs is 1. The van der Waals surface area contributed by atoms with E-state index >= 15 is 0 Å². The van der Waals surface area contributed by atoms with E-state index in [1.807, 2.05) is 42.1 Å². The maximum atomic E-state index is 6.45. The summed E-state index contributed by atoms with van der Waals surface area (Å²) < 4.78 is 4.11. The fourth-order valence-electron chi connectivity index (χ4n) is 4.04. The van der Waals surface area contributed by atoms with Crippen molar-refractivity contribution in [2.75, 3.05) is 5.73 Å². The van der Waals surface area contributed by atoms with Crippen molar-refractivity contribution in [2.24, 2.45) is 0 Å². The van der Waals surface area contributed by atoms with Crippen molar-refractivity contribution >= 4 is 28.6 Å². The molecule has 0 atom stereocenters. The molecule has 0 aliphatic rings. The minimum Gasteiger partial charge on any atom is -0.368 e. The predicted molar refractivity (Wildman–Crippen MR) is 132 cm³/mol. The Morgan fingerprint density at radius 2 is 1.70 bits per heavy atom. The molecule has 0 aliphatic heterocycles. The molecule has 0 unspecified atom stereocenters. The lowest BCUT2D eigenvalue weighted by Gasteiger charge is -2.25. The predicted octanol–water partition coefficient (Wildman–Crippen LogP) is 5.65. The molecule has 5 rings (SSSR count). The van der Waals surface area contributed by atoms with Gasteiger partial charge < -0.3 is 10.3 Å². The summed E-state index contributed by atoms with van der Waals surface area (Å²) in [6.45, 7) is 8.48. The summed E-state index contributed by atoms with van der Waals surface area (Å²) in [5.74, 6) is 1.08. The monoisotopic (exact) mass is 457 g/mol. The number of hydrogen-bond donors (Lipinski definition) is 1. The normalized spacial score (nSPS) is 11.9. The van der Waals surface area contributed by atoms with E-state index in [0.717, 1.165) is 44.9 Å². The van der Waals surface area contributed by atoms with E-state index in [0.29, 0.717) is 5.02 Å². The molecule has 3 aromatic heterocycles. The Morgan fingerprint density at radius 3 is 2.36 bits per heavy atom. The van der Waals surface area contributed by atoms with E-state index in [9.17, 15) is 0 Å². The van der Waals surface area contributed by atoms with Crippen LogP contribution >= 0.6 is 11.6 Å². The van der Waals surface area contributed by atoms with Crippen LogP contribution in [0.25, 0.3) is 39.2 Å². The van der Waals surface area contributed by atoms with E-state index < -0.39 is 0 Å². The van der Waals surface area contributed by atoms with E-state index in [2.05, 4.69) is 58.6 Å². The van der Waals surface area contributed by atoms with Gasteiger partial charge in [-0.25, -0.2) is 19.6 Å². The molecule has 166 valence electrons. The molecule has 0 saturated carbocycles. The number of halogens is 1. The lowest BCUT2D eigenvalue weighted by atomic mass is 10.1. The highest BCUT2D eigenvalue weighted by Gasteiger charge is 2.25. The molecule has 3 heterocycles. The molecular weight excluding hydrogens is 434 g/mol. The van der Waals surface area contributed by atoms with Crippen molar-refractivity contribution in [2.45, 2.75) is 33.2 Å². The summed E-state index contributed by atoms with van der Waals surface area (Å²) >= 11 is 6.45. The molecule has 2 N–H and O–H groups in total. The lowest BCUT2D eigenvalue weighted by Crippen LogP contribution is -2.23. The van der Waals surface area contributed by atoms with Crippen molar-refractivity contribution in [3.63, 3.8) is 0 Å². The third-order valence-corrected chi connectivity index (χ3v) is 5.73. The maximum absolute atomic E-state index is 6.45. The molecule has 33 heavy (non-hydrogen) atoms. The quantitative estimate of drug-likeness (QED) is 0.378. The van der Waals surface area contributed by atoms with Crippen LogP contribution in [-0.2, 0) is 5.54 Å². The standard InChI is InChI=1S/C25H24ClN7/c1-15-9-10-32(31-15)21-8-6-18(26)12-19(21)23-30-20-11-16(17-13-28-24(27)29-14-17)5-7-22(20)33(23)25(2,3)4/h5-14H,1-4H3,(H2,27,28,29). The van der Waals surface area contributed by atoms with Gasteiger partial charge in [-0.1, -0.05) is 17.7 Å². The van der Waals surface area contributed by atoms with E-state index in [1.165, 1.54) is 0 Å². The van der Waals surface area contributed by atoms with Gasteiger partial charge in [0.05, 0.1) is 22.4 Å². The van der Waals surface area contributed by atoms with Crippen LogP contribution in [0.4, 0.5) is 5.95 Å². The number of aryl methyl sites for hydroxylation is 1. The van der Waals surface area contributed by atoms with E-state index in [4.69, 9.17) is 22.3 Å². The summed E-state index contributed by atoms with van der Waals surface area (Å²) in [6.07, 6.45) is 5.39. The van der Waals surface area contributed by atoms with Crippen molar-refractivity contribution in [1.29, 1.82) is 0 Å². The molecule has 0 bridgehead atoms. The van der Waals surface area contributed by atoms with Gasteiger partial charge in [0.2, 0.25) is 5.95 Å². The van der Waals surface area contributed by atoms with Crippen molar-refractivity contribution in [3.8, 4) is 28.2 Å². The number of imidazole rings is 1. The zero-order valence-electron chi connectivity index (χ0n) is 18.9. The Bertz CT molecular complexity index is 1470. The molecule has 0 aliphatic carbocycles. The van der Waals surface area contributed by atoms with Gasteiger partial charge in [0.15, 0.2) is 0 Å². The zero-order valence-corrected chi connectivity index (χ0v) is 19.7. The number of aromatic nitrogens is 6. The van der Waals surface area contributed by atoms with Gasteiger partial charge in [-0.3, -0.25) is 0 Å². The highest BCUT2D eigenvalue weighted by atomic mass is 35.5. The van der Waals surface area contributed by atoms with Crippen molar-refractivity contribution < 1.29 is 0 Å². The minimum absolute atomic E-state index is 0.227. The summed E-state index contributed by atoms with van der Waals surface area (Å²) in [4.78, 5) is 13.3. The number of benzene rings is 2. The van der Waals surface area contributed by atoms with Crippen molar-refractivity contribution in [3.05, 3.63) is 71.8 Å².